The van der Waals surface area contributed by atoms with Crippen LogP contribution >= 0.6 is 0 Å². The van der Waals surface area contributed by atoms with E-state index in [1.54, 1.807) is 25.3 Å². The summed E-state index contributed by atoms with van der Waals surface area (Å²) < 4.78 is 10.4. The van der Waals surface area contributed by atoms with Gasteiger partial charge in [-0.15, -0.1) is 0 Å². The van der Waals surface area contributed by atoms with Crippen LogP contribution in [0.4, 0.5) is 5.69 Å². The smallest absolute Gasteiger partial charge is 0.257 e. The molecule has 0 bridgehead atoms. The number of rotatable bonds is 7. The van der Waals surface area contributed by atoms with E-state index in [2.05, 4.69) is 19.2 Å². The molecule has 5 nitrogen and oxygen atoms in total. The van der Waals surface area contributed by atoms with Gasteiger partial charge < -0.3 is 20.5 Å². The molecule has 0 spiro atoms. The molecular weight excluding hydrogens is 244 g/mol. The SMILES string of the molecule is COc1ccc(OCC(=O)NCCC(C)C)c(N)c1. The largest absolute Gasteiger partial charge is 0.497 e. The van der Waals surface area contributed by atoms with Gasteiger partial charge in [-0.05, 0) is 24.5 Å². The summed E-state index contributed by atoms with van der Waals surface area (Å²) in [6.07, 6.45) is 0.955. The monoisotopic (exact) mass is 266 g/mol. The van der Waals surface area contributed by atoms with Crippen LogP contribution in [0.25, 0.3) is 0 Å². The molecule has 0 saturated carbocycles. The first-order chi connectivity index (χ1) is 9.02. The molecule has 106 valence electrons. The average Bonchev–Trinajstić information content (AvgIpc) is 2.36. The van der Waals surface area contributed by atoms with Gasteiger partial charge in [0.25, 0.3) is 5.91 Å². The van der Waals surface area contributed by atoms with Crippen molar-refractivity contribution in [3.8, 4) is 11.5 Å². The Morgan fingerprint density at radius 1 is 1.42 bits per heavy atom. The number of anilines is 1. The number of carbonyl (C=O) groups is 1. The van der Waals surface area contributed by atoms with E-state index in [9.17, 15) is 4.79 Å². The normalized spacial score (nSPS) is 10.3. The Morgan fingerprint density at radius 3 is 2.74 bits per heavy atom. The number of nitrogens with one attached hydrogen (secondary N) is 1. The molecule has 0 unspecified atom stereocenters. The van der Waals surface area contributed by atoms with Crippen LogP contribution in [-0.2, 0) is 4.79 Å². The van der Waals surface area contributed by atoms with E-state index >= 15 is 0 Å². The van der Waals surface area contributed by atoms with Gasteiger partial charge in [0.1, 0.15) is 11.5 Å². The summed E-state index contributed by atoms with van der Waals surface area (Å²) in [5.41, 5.74) is 6.24. The molecule has 19 heavy (non-hydrogen) atoms. The van der Waals surface area contributed by atoms with Gasteiger partial charge in [0.05, 0.1) is 12.8 Å². The lowest BCUT2D eigenvalue weighted by Crippen LogP contribution is -2.30. The first-order valence-corrected chi connectivity index (χ1v) is 6.36. The fourth-order valence-electron chi connectivity index (χ4n) is 1.48. The molecule has 5 heteroatoms. The summed E-state index contributed by atoms with van der Waals surface area (Å²) >= 11 is 0. The van der Waals surface area contributed by atoms with Crippen molar-refractivity contribution < 1.29 is 14.3 Å². The van der Waals surface area contributed by atoms with Crippen LogP contribution in [0.2, 0.25) is 0 Å². The number of methoxy groups -OCH3 is 1. The van der Waals surface area contributed by atoms with E-state index in [0.717, 1.165) is 6.42 Å². The van der Waals surface area contributed by atoms with Crippen LogP contribution in [0.5, 0.6) is 11.5 Å². The fourth-order valence-corrected chi connectivity index (χ4v) is 1.48. The third-order valence-electron chi connectivity index (χ3n) is 2.62. The lowest BCUT2D eigenvalue weighted by molar-refractivity contribution is -0.123. The van der Waals surface area contributed by atoms with Crippen molar-refractivity contribution in [3.63, 3.8) is 0 Å². The first-order valence-electron chi connectivity index (χ1n) is 6.36. The molecular formula is C14H22N2O3. The summed E-state index contributed by atoms with van der Waals surface area (Å²) in [4.78, 5) is 11.5. The van der Waals surface area contributed by atoms with Gasteiger partial charge in [0.15, 0.2) is 6.61 Å². The molecule has 1 amide bonds. The Balaban J connectivity index is 2.37. The van der Waals surface area contributed by atoms with Gasteiger partial charge in [-0.2, -0.15) is 0 Å². The highest BCUT2D eigenvalue weighted by Gasteiger charge is 2.06. The number of ether oxygens (including phenoxy) is 2. The molecule has 1 aromatic carbocycles. The van der Waals surface area contributed by atoms with Gasteiger partial charge in [0.2, 0.25) is 0 Å². The molecule has 0 radical (unpaired) electrons. The number of hydrogen-bond donors (Lipinski definition) is 2. The van der Waals surface area contributed by atoms with Crippen LogP contribution in [0.3, 0.4) is 0 Å². The summed E-state index contributed by atoms with van der Waals surface area (Å²) in [5.74, 6) is 1.57. The van der Waals surface area contributed by atoms with Crippen molar-refractivity contribution in [1.29, 1.82) is 0 Å². The van der Waals surface area contributed by atoms with Gasteiger partial charge in [-0.25, -0.2) is 0 Å². The van der Waals surface area contributed by atoms with Crippen molar-refractivity contribution in [2.45, 2.75) is 20.3 Å². The molecule has 0 atom stereocenters. The standard InChI is InChI=1S/C14H22N2O3/c1-10(2)6-7-16-14(17)9-19-13-5-4-11(18-3)8-12(13)15/h4-5,8,10H,6-7,9,15H2,1-3H3,(H,16,17). The van der Waals surface area contributed by atoms with Crippen molar-refractivity contribution >= 4 is 11.6 Å². The predicted molar refractivity (Wildman–Crippen MR) is 75.4 cm³/mol. The summed E-state index contributed by atoms with van der Waals surface area (Å²) in [5, 5.41) is 2.80. The third kappa shape index (κ3) is 5.50. The van der Waals surface area contributed by atoms with Crippen LogP contribution in [-0.4, -0.2) is 26.2 Å². The van der Waals surface area contributed by atoms with Crippen LogP contribution < -0.4 is 20.5 Å². The van der Waals surface area contributed by atoms with E-state index < -0.39 is 0 Å². The van der Waals surface area contributed by atoms with E-state index in [1.807, 2.05) is 0 Å². The summed E-state index contributed by atoms with van der Waals surface area (Å²) in [6, 6.07) is 5.09. The second-order valence-electron chi connectivity index (χ2n) is 4.72. The molecule has 0 fully saturated rings. The maximum atomic E-state index is 11.5. The minimum atomic E-state index is -0.143. The second kappa shape index (κ2) is 7.51. The number of amides is 1. The highest BCUT2D eigenvalue weighted by molar-refractivity contribution is 5.77. The Bertz CT molecular complexity index is 419. The van der Waals surface area contributed by atoms with Crippen LogP contribution in [0.1, 0.15) is 20.3 Å². The number of nitrogen functional groups attached to an aromatic ring is 1. The van der Waals surface area contributed by atoms with E-state index in [0.29, 0.717) is 29.6 Å². The molecule has 0 aliphatic heterocycles. The zero-order chi connectivity index (χ0) is 14.3. The number of hydrogen-bond acceptors (Lipinski definition) is 4. The highest BCUT2D eigenvalue weighted by Crippen LogP contribution is 2.25. The maximum Gasteiger partial charge on any atom is 0.257 e. The van der Waals surface area contributed by atoms with Gasteiger partial charge in [0, 0.05) is 12.6 Å². The predicted octanol–water partition coefficient (Wildman–Crippen LogP) is 1.82. The lowest BCUT2D eigenvalue weighted by Gasteiger charge is -2.11. The Hall–Kier alpha value is -1.91. The minimum Gasteiger partial charge on any atom is -0.497 e. The Morgan fingerprint density at radius 2 is 2.16 bits per heavy atom. The van der Waals surface area contributed by atoms with Gasteiger partial charge in [-0.1, -0.05) is 13.8 Å². The zero-order valence-corrected chi connectivity index (χ0v) is 11.7. The van der Waals surface area contributed by atoms with E-state index in [-0.39, 0.29) is 12.5 Å². The Labute approximate surface area is 114 Å². The summed E-state index contributed by atoms with van der Waals surface area (Å²) in [7, 11) is 1.57. The van der Waals surface area contributed by atoms with Crippen LogP contribution in [0.15, 0.2) is 18.2 Å². The topological polar surface area (TPSA) is 73.6 Å². The van der Waals surface area contributed by atoms with Crippen molar-refractivity contribution in [3.05, 3.63) is 18.2 Å². The minimum absolute atomic E-state index is 0.0331. The van der Waals surface area contributed by atoms with E-state index in [4.69, 9.17) is 15.2 Å². The molecule has 0 saturated heterocycles. The molecule has 0 aliphatic rings. The van der Waals surface area contributed by atoms with Crippen LogP contribution in [0, 0.1) is 5.92 Å². The third-order valence-corrected chi connectivity index (χ3v) is 2.62. The number of benzene rings is 1. The first kappa shape index (κ1) is 15.1. The molecule has 0 heterocycles. The molecule has 0 aliphatic carbocycles. The zero-order valence-electron chi connectivity index (χ0n) is 11.7. The Kier molecular flexibility index (Phi) is 5.99. The molecule has 0 aromatic heterocycles. The van der Waals surface area contributed by atoms with Gasteiger partial charge >= 0.3 is 0 Å². The number of carbonyl (C=O) groups excluding carboxylic acids is 1. The molecule has 3 N–H and O–H groups in total. The number of nitrogens with two attached hydrogens (primary N) is 1. The summed E-state index contributed by atoms with van der Waals surface area (Å²) in [6.45, 7) is 4.86. The van der Waals surface area contributed by atoms with E-state index in [1.165, 1.54) is 0 Å². The quantitative estimate of drug-likeness (QED) is 0.738. The maximum absolute atomic E-state index is 11.5. The lowest BCUT2D eigenvalue weighted by atomic mass is 10.1. The molecule has 1 aromatic rings. The average molecular weight is 266 g/mol. The van der Waals surface area contributed by atoms with Crippen molar-refractivity contribution in [1.82, 2.24) is 5.32 Å². The van der Waals surface area contributed by atoms with Gasteiger partial charge in [-0.3, -0.25) is 4.79 Å². The molecule has 1 rings (SSSR count). The van der Waals surface area contributed by atoms with Crippen molar-refractivity contribution in [2.24, 2.45) is 5.92 Å². The fraction of sp³-hybridized carbons (Fsp3) is 0.500. The highest BCUT2D eigenvalue weighted by atomic mass is 16.5. The second-order valence-corrected chi connectivity index (χ2v) is 4.72. The van der Waals surface area contributed by atoms with Crippen molar-refractivity contribution in [2.75, 3.05) is 26.0 Å².